The smallest absolute Gasteiger partial charge is 0.225 e. The molecule has 6 nitrogen and oxygen atoms in total. The predicted octanol–water partition coefficient (Wildman–Crippen LogP) is 0.234. The van der Waals surface area contributed by atoms with Gasteiger partial charge in [-0.3, -0.25) is 0 Å². The van der Waals surface area contributed by atoms with Crippen LogP contribution < -0.4 is 4.72 Å². The number of nitriles is 1. The molecule has 0 atom stereocenters. The molecule has 0 saturated carbocycles. The Hall–Kier alpha value is -1.39. The lowest BCUT2D eigenvalue weighted by Gasteiger charge is -2.02. The van der Waals surface area contributed by atoms with E-state index in [4.69, 9.17) is 9.78 Å². The van der Waals surface area contributed by atoms with Crippen molar-refractivity contribution in [1.82, 2.24) is 9.88 Å². The van der Waals surface area contributed by atoms with Crippen LogP contribution in [-0.2, 0) is 16.6 Å². The number of nitrogens with zero attached hydrogens (tertiary/aromatic N) is 2. The largest absolute Gasteiger partial charge is 0.361 e. The number of aromatic nitrogens is 1. The number of hydrogen-bond acceptors (Lipinski definition) is 5. The van der Waals surface area contributed by atoms with Crippen LogP contribution in [0.2, 0.25) is 0 Å². The van der Waals surface area contributed by atoms with Gasteiger partial charge in [0.25, 0.3) is 0 Å². The minimum absolute atomic E-state index is 0.102. The summed E-state index contributed by atoms with van der Waals surface area (Å²) in [5, 5.41) is 12.0. The lowest BCUT2D eigenvalue weighted by molar-refractivity contribution is 0.392. The van der Waals surface area contributed by atoms with Gasteiger partial charge in [0.05, 0.1) is 11.8 Å². The van der Waals surface area contributed by atoms with Crippen LogP contribution in [0.5, 0.6) is 0 Å². The summed E-state index contributed by atoms with van der Waals surface area (Å²) in [6.45, 7) is 3.53. The van der Waals surface area contributed by atoms with Crippen LogP contribution in [-0.4, -0.2) is 19.3 Å². The molecule has 0 fully saturated rings. The van der Waals surface area contributed by atoms with E-state index in [1.807, 2.05) is 0 Å². The first-order valence-corrected chi connectivity index (χ1v) is 5.87. The van der Waals surface area contributed by atoms with Crippen LogP contribution in [0.4, 0.5) is 0 Å². The van der Waals surface area contributed by atoms with E-state index >= 15 is 0 Å². The fourth-order valence-corrected chi connectivity index (χ4v) is 1.71. The van der Waals surface area contributed by atoms with Crippen LogP contribution in [0.15, 0.2) is 4.52 Å². The zero-order chi connectivity index (χ0) is 11.5. The third-order valence-corrected chi connectivity index (χ3v) is 3.00. The molecule has 82 valence electrons. The summed E-state index contributed by atoms with van der Waals surface area (Å²) in [6, 6.07) is 1.58. The molecule has 1 heterocycles. The molecule has 1 N–H and O–H groups in total. The average molecular weight is 229 g/mol. The second-order valence-corrected chi connectivity index (χ2v) is 4.85. The summed E-state index contributed by atoms with van der Waals surface area (Å²) < 4.78 is 29.5. The molecule has 0 radical (unpaired) electrons. The van der Waals surface area contributed by atoms with Crippen LogP contribution in [0.1, 0.15) is 17.0 Å². The van der Waals surface area contributed by atoms with Crippen molar-refractivity contribution in [2.75, 3.05) is 5.75 Å². The van der Waals surface area contributed by atoms with Gasteiger partial charge in [-0.2, -0.15) is 5.26 Å². The molecule has 7 heteroatoms. The van der Waals surface area contributed by atoms with E-state index in [1.54, 1.807) is 19.9 Å². The van der Waals surface area contributed by atoms with Gasteiger partial charge in [-0.1, -0.05) is 5.16 Å². The third kappa shape index (κ3) is 3.04. The van der Waals surface area contributed by atoms with Gasteiger partial charge in [-0.05, 0) is 13.8 Å². The van der Waals surface area contributed by atoms with Crippen LogP contribution in [0.3, 0.4) is 0 Å². The molecular weight excluding hydrogens is 218 g/mol. The Morgan fingerprint density at radius 3 is 2.67 bits per heavy atom. The summed E-state index contributed by atoms with van der Waals surface area (Å²) in [6.07, 6.45) is 0. The molecule has 1 rings (SSSR count). The highest BCUT2D eigenvalue weighted by Crippen LogP contribution is 2.11. The molecule has 0 spiro atoms. The predicted molar refractivity (Wildman–Crippen MR) is 52.2 cm³/mol. The number of sulfonamides is 1. The van der Waals surface area contributed by atoms with Crippen LogP contribution in [0, 0.1) is 25.2 Å². The topological polar surface area (TPSA) is 96.0 Å². The summed E-state index contributed by atoms with van der Waals surface area (Å²) in [5.41, 5.74) is 1.35. The van der Waals surface area contributed by atoms with E-state index < -0.39 is 15.8 Å². The standard InChI is InChI=1S/C8H11N3O3S/c1-6-8(7(2)14-11-6)5-10-15(12,13)4-3-9/h10H,4-5H2,1-2H3. The molecule has 0 unspecified atom stereocenters. The summed E-state index contributed by atoms with van der Waals surface area (Å²) in [7, 11) is -3.52. The van der Waals surface area contributed by atoms with Gasteiger partial charge in [0.2, 0.25) is 10.0 Å². The van der Waals surface area contributed by atoms with Gasteiger partial charge in [0.1, 0.15) is 5.76 Å². The van der Waals surface area contributed by atoms with Crippen molar-refractivity contribution in [3.05, 3.63) is 17.0 Å². The zero-order valence-electron chi connectivity index (χ0n) is 8.44. The highest BCUT2D eigenvalue weighted by Gasteiger charge is 2.13. The molecule has 0 aromatic carbocycles. The van der Waals surface area contributed by atoms with Gasteiger partial charge in [-0.25, -0.2) is 13.1 Å². The molecule has 15 heavy (non-hydrogen) atoms. The molecule has 0 aliphatic carbocycles. The van der Waals surface area contributed by atoms with E-state index in [0.29, 0.717) is 17.0 Å². The SMILES string of the molecule is Cc1noc(C)c1CNS(=O)(=O)CC#N. The van der Waals surface area contributed by atoms with Crippen LogP contribution >= 0.6 is 0 Å². The van der Waals surface area contributed by atoms with Gasteiger partial charge >= 0.3 is 0 Å². The van der Waals surface area contributed by atoms with E-state index in [-0.39, 0.29) is 6.54 Å². The van der Waals surface area contributed by atoms with Crippen molar-refractivity contribution >= 4 is 10.0 Å². The first kappa shape index (κ1) is 11.7. The lowest BCUT2D eigenvalue weighted by Crippen LogP contribution is -2.25. The minimum Gasteiger partial charge on any atom is -0.361 e. The molecule has 1 aromatic rings. The highest BCUT2D eigenvalue weighted by atomic mass is 32.2. The molecule has 0 bridgehead atoms. The molecular formula is C8H11N3O3S. The second kappa shape index (κ2) is 4.42. The normalized spacial score (nSPS) is 11.3. The number of aryl methyl sites for hydroxylation is 2. The number of hydrogen-bond donors (Lipinski definition) is 1. The summed E-state index contributed by atoms with van der Waals surface area (Å²) >= 11 is 0. The van der Waals surface area contributed by atoms with E-state index in [0.717, 1.165) is 0 Å². The Bertz CT molecular complexity index is 464. The first-order chi connectivity index (χ1) is 6.96. The van der Waals surface area contributed by atoms with Crippen molar-refractivity contribution in [2.45, 2.75) is 20.4 Å². The fourth-order valence-electron chi connectivity index (χ4n) is 1.07. The monoisotopic (exact) mass is 229 g/mol. The maximum atomic E-state index is 11.2. The molecule has 0 aliphatic rings. The third-order valence-electron chi connectivity index (χ3n) is 1.90. The molecule has 0 amide bonds. The van der Waals surface area contributed by atoms with Crippen molar-refractivity contribution in [1.29, 1.82) is 5.26 Å². The Kier molecular flexibility index (Phi) is 3.44. The Morgan fingerprint density at radius 2 is 2.20 bits per heavy atom. The molecule has 0 saturated heterocycles. The second-order valence-electron chi connectivity index (χ2n) is 3.04. The molecule has 0 aliphatic heterocycles. The van der Waals surface area contributed by atoms with Crippen LogP contribution in [0.25, 0.3) is 0 Å². The van der Waals surface area contributed by atoms with Gasteiger partial charge in [-0.15, -0.1) is 0 Å². The summed E-state index contributed by atoms with van der Waals surface area (Å²) in [4.78, 5) is 0. The van der Waals surface area contributed by atoms with Gasteiger partial charge < -0.3 is 4.52 Å². The quantitative estimate of drug-likeness (QED) is 0.797. The van der Waals surface area contributed by atoms with Crippen molar-refractivity contribution in [2.24, 2.45) is 0 Å². The Balaban J connectivity index is 2.70. The van der Waals surface area contributed by atoms with E-state index in [9.17, 15) is 8.42 Å². The highest BCUT2D eigenvalue weighted by molar-refractivity contribution is 7.89. The number of rotatable bonds is 4. The van der Waals surface area contributed by atoms with Crippen molar-refractivity contribution < 1.29 is 12.9 Å². The zero-order valence-corrected chi connectivity index (χ0v) is 9.26. The van der Waals surface area contributed by atoms with Crippen molar-refractivity contribution in [3.63, 3.8) is 0 Å². The van der Waals surface area contributed by atoms with Gasteiger partial charge in [0.15, 0.2) is 5.75 Å². The maximum Gasteiger partial charge on any atom is 0.225 e. The lowest BCUT2D eigenvalue weighted by atomic mass is 10.2. The average Bonchev–Trinajstić information content (AvgIpc) is 2.44. The Morgan fingerprint density at radius 1 is 1.53 bits per heavy atom. The van der Waals surface area contributed by atoms with Crippen molar-refractivity contribution in [3.8, 4) is 6.07 Å². The van der Waals surface area contributed by atoms with E-state index in [2.05, 4.69) is 9.88 Å². The first-order valence-electron chi connectivity index (χ1n) is 4.22. The molecule has 1 aromatic heterocycles. The number of nitrogens with one attached hydrogen (secondary N) is 1. The summed E-state index contributed by atoms with van der Waals surface area (Å²) in [5.74, 6) is 0.0308. The Labute approximate surface area is 87.9 Å². The minimum atomic E-state index is -3.52. The fraction of sp³-hybridized carbons (Fsp3) is 0.500. The van der Waals surface area contributed by atoms with E-state index in [1.165, 1.54) is 0 Å². The maximum absolute atomic E-state index is 11.2. The van der Waals surface area contributed by atoms with Gasteiger partial charge in [0, 0.05) is 12.1 Å².